The summed E-state index contributed by atoms with van der Waals surface area (Å²) in [5.41, 5.74) is -0.275. The molecule has 1 aromatic heterocycles. The molecule has 0 spiro atoms. The third-order valence-electron chi connectivity index (χ3n) is 2.21. The number of hydrogen-bond donors (Lipinski definition) is 2. The number of rotatable bonds is 1. The van der Waals surface area contributed by atoms with E-state index in [0.29, 0.717) is 11.0 Å². The van der Waals surface area contributed by atoms with Crippen LogP contribution in [0.15, 0.2) is 27.4 Å². The van der Waals surface area contributed by atoms with E-state index in [4.69, 9.17) is 21.2 Å². The zero-order valence-corrected chi connectivity index (χ0v) is 9.04. The summed E-state index contributed by atoms with van der Waals surface area (Å²) in [5.74, 6) is 0. The Morgan fingerprint density at radius 2 is 2.19 bits per heavy atom. The molecule has 0 amide bonds. The zero-order valence-electron chi connectivity index (χ0n) is 8.28. The molecule has 84 valence electrons. The minimum atomic E-state index is -1.39. The molecule has 6 heteroatoms. The van der Waals surface area contributed by atoms with Gasteiger partial charge in [-0.25, -0.2) is 10.0 Å². The second-order valence-electron chi connectivity index (χ2n) is 3.38. The fourth-order valence-corrected chi connectivity index (χ4v) is 1.77. The zero-order chi connectivity index (χ0) is 11.9. The maximum Gasteiger partial charge on any atom is 0.403 e. The number of halogens is 1. The van der Waals surface area contributed by atoms with E-state index in [2.05, 4.69) is 0 Å². The van der Waals surface area contributed by atoms with Crippen molar-refractivity contribution in [2.45, 2.75) is 6.92 Å². The monoisotopic (exact) mass is 241 g/mol. The maximum absolute atomic E-state index is 11.4. The second kappa shape index (κ2) is 3.88. The van der Waals surface area contributed by atoms with Gasteiger partial charge in [0.05, 0.1) is 0 Å². The first-order valence-corrected chi connectivity index (χ1v) is 4.85. The van der Waals surface area contributed by atoms with Crippen LogP contribution in [0.4, 0.5) is 5.69 Å². The first-order chi connectivity index (χ1) is 7.50. The van der Waals surface area contributed by atoms with Crippen LogP contribution in [-0.4, -0.2) is 5.21 Å². The molecule has 2 N–H and O–H groups in total. The Balaban J connectivity index is 2.89. The topological polar surface area (TPSA) is 77.9 Å². The molecule has 0 radical (unpaired) electrons. The van der Waals surface area contributed by atoms with Gasteiger partial charge in [0.15, 0.2) is 0 Å². The van der Waals surface area contributed by atoms with Crippen molar-refractivity contribution in [2.75, 3.05) is 0 Å². The summed E-state index contributed by atoms with van der Waals surface area (Å²) in [5, 5.41) is 18.6. The summed E-state index contributed by atoms with van der Waals surface area (Å²) >= 11 is 5.85. The van der Waals surface area contributed by atoms with Crippen LogP contribution in [0.3, 0.4) is 0 Å². The van der Waals surface area contributed by atoms with E-state index in [1.54, 1.807) is 18.2 Å². The van der Waals surface area contributed by atoms with Gasteiger partial charge in [-0.15, -0.1) is 0 Å². The Hall–Kier alpha value is -1.40. The van der Waals surface area contributed by atoms with Gasteiger partial charge in [-0.3, -0.25) is 0 Å². The first kappa shape index (κ1) is 11.1. The quantitative estimate of drug-likeness (QED) is 0.580. The van der Waals surface area contributed by atoms with Crippen molar-refractivity contribution in [3.8, 4) is 0 Å². The Morgan fingerprint density at radius 3 is 2.81 bits per heavy atom. The Bertz CT molecular complexity index is 606. The van der Waals surface area contributed by atoms with Crippen molar-refractivity contribution >= 4 is 28.3 Å². The van der Waals surface area contributed by atoms with Gasteiger partial charge in [-0.05, 0) is 24.6 Å². The van der Waals surface area contributed by atoms with Crippen LogP contribution in [0.1, 0.15) is 5.56 Å². The van der Waals surface area contributed by atoms with E-state index in [1.165, 1.54) is 0 Å². The summed E-state index contributed by atoms with van der Waals surface area (Å²) in [6, 6.07) is 5.02. The Morgan fingerprint density at radius 1 is 1.50 bits per heavy atom. The lowest BCUT2D eigenvalue weighted by Crippen LogP contribution is -3.00. The van der Waals surface area contributed by atoms with Crippen LogP contribution in [0.5, 0.6) is 0 Å². The van der Waals surface area contributed by atoms with Gasteiger partial charge in [0.25, 0.3) is 5.69 Å². The van der Waals surface area contributed by atoms with Gasteiger partial charge < -0.3 is 9.62 Å². The van der Waals surface area contributed by atoms with E-state index >= 15 is 0 Å². The third kappa shape index (κ3) is 1.70. The lowest BCUT2D eigenvalue weighted by Gasteiger charge is -2.12. The smallest absolute Gasteiger partial charge is 0.403 e. The Labute approximate surface area is 95.0 Å². The number of aryl methyl sites for hydroxylation is 1. The minimum Gasteiger partial charge on any atom is -0.595 e. The number of benzene rings is 1. The average Bonchev–Trinajstić information content (AvgIpc) is 2.15. The molecule has 0 aliphatic carbocycles. The van der Waals surface area contributed by atoms with Gasteiger partial charge in [-0.2, -0.15) is 5.23 Å². The van der Waals surface area contributed by atoms with E-state index in [0.717, 1.165) is 5.56 Å². The van der Waals surface area contributed by atoms with Gasteiger partial charge in [-0.1, -0.05) is 17.7 Å². The average molecular weight is 242 g/mol. The fraction of sp³-hybridized carbons (Fsp3) is 0.100. The molecule has 0 saturated heterocycles. The molecule has 1 unspecified atom stereocenters. The van der Waals surface area contributed by atoms with Crippen molar-refractivity contribution in [3.05, 3.63) is 44.4 Å². The molecular formula is C10H8ClNO4. The van der Waals surface area contributed by atoms with Crippen LogP contribution in [0, 0.1) is 12.1 Å². The standard InChI is InChI=1S/C10H8ClNO4/c1-5-2-3-6-7(4-5)16-10(13)9(8(6)11)12(14)15/h2-4,12,14H,1H3. The van der Waals surface area contributed by atoms with Crippen molar-refractivity contribution in [3.63, 3.8) is 0 Å². The molecule has 1 heterocycles. The number of quaternary nitrogens is 1. The maximum atomic E-state index is 11.4. The van der Waals surface area contributed by atoms with Gasteiger partial charge in [0.1, 0.15) is 10.6 Å². The molecule has 1 aromatic carbocycles. The SMILES string of the molecule is Cc1ccc2c(Cl)c([NH+]([O-])O)c(=O)oc2c1. The summed E-state index contributed by atoms with van der Waals surface area (Å²) in [7, 11) is 0. The molecule has 0 aliphatic rings. The van der Waals surface area contributed by atoms with Gasteiger partial charge in [0, 0.05) is 5.39 Å². The van der Waals surface area contributed by atoms with Crippen LogP contribution in [0.2, 0.25) is 5.02 Å². The summed E-state index contributed by atoms with van der Waals surface area (Å²) in [4.78, 5) is 11.4. The summed E-state index contributed by atoms with van der Waals surface area (Å²) < 4.78 is 4.89. The highest BCUT2D eigenvalue weighted by Crippen LogP contribution is 2.26. The lowest BCUT2D eigenvalue weighted by atomic mass is 10.1. The third-order valence-corrected chi connectivity index (χ3v) is 2.61. The summed E-state index contributed by atoms with van der Waals surface area (Å²) in [6.07, 6.45) is 0. The largest absolute Gasteiger partial charge is 0.595 e. The second-order valence-corrected chi connectivity index (χ2v) is 3.76. The number of hydrogen-bond acceptors (Lipinski definition) is 4. The lowest BCUT2D eigenvalue weighted by molar-refractivity contribution is -0.992. The highest BCUT2D eigenvalue weighted by molar-refractivity contribution is 6.37. The highest BCUT2D eigenvalue weighted by Gasteiger charge is 2.18. The molecule has 5 nitrogen and oxygen atoms in total. The van der Waals surface area contributed by atoms with Crippen molar-refractivity contribution in [2.24, 2.45) is 0 Å². The van der Waals surface area contributed by atoms with E-state index < -0.39 is 16.5 Å². The molecule has 0 fully saturated rings. The molecule has 1 atom stereocenters. The molecule has 2 aromatic rings. The van der Waals surface area contributed by atoms with E-state index in [1.807, 2.05) is 6.92 Å². The predicted octanol–water partition coefficient (Wildman–Crippen LogP) is 1.16. The van der Waals surface area contributed by atoms with E-state index in [9.17, 15) is 10.0 Å². The minimum absolute atomic E-state index is 0.0845. The van der Waals surface area contributed by atoms with Crippen LogP contribution >= 0.6 is 11.6 Å². The first-order valence-electron chi connectivity index (χ1n) is 4.47. The molecule has 2 rings (SSSR count). The molecule has 16 heavy (non-hydrogen) atoms. The molecule has 0 saturated carbocycles. The predicted molar refractivity (Wildman–Crippen MR) is 58.0 cm³/mol. The normalized spacial score (nSPS) is 13.0. The van der Waals surface area contributed by atoms with Gasteiger partial charge >= 0.3 is 5.63 Å². The van der Waals surface area contributed by atoms with Crippen molar-refractivity contribution < 1.29 is 14.9 Å². The summed E-state index contributed by atoms with van der Waals surface area (Å²) in [6.45, 7) is 1.83. The van der Waals surface area contributed by atoms with Crippen LogP contribution < -0.4 is 10.9 Å². The number of nitrogens with one attached hydrogen (secondary N) is 1. The van der Waals surface area contributed by atoms with Crippen molar-refractivity contribution in [1.82, 2.24) is 0 Å². The number of fused-ring (bicyclic) bond motifs is 1. The van der Waals surface area contributed by atoms with Gasteiger partial charge in [0.2, 0.25) is 0 Å². The fourth-order valence-electron chi connectivity index (χ4n) is 1.45. The molecule has 0 aliphatic heterocycles. The van der Waals surface area contributed by atoms with Crippen LogP contribution in [0.25, 0.3) is 11.0 Å². The van der Waals surface area contributed by atoms with E-state index in [-0.39, 0.29) is 5.02 Å². The highest BCUT2D eigenvalue weighted by atomic mass is 35.5. The van der Waals surface area contributed by atoms with Crippen LogP contribution in [-0.2, 0) is 0 Å². The Kier molecular flexibility index (Phi) is 2.69. The molecular weight excluding hydrogens is 234 g/mol. The van der Waals surface area contributed by atoms with Crippen molar-refractivity contribution in [1.29, 1.82) is 0 Å². The molecule has 0 bridgehead atoms.